The largest absolute Gasteiger partial charge is 0.356 e. The van der Waals surface area contributed by atoms with E-state index in [-0.39, 0.29) is 42.8 Å². The molecule has 1 atom stereocenters. The standard InChI is InChI=1S/C21H20Cl2F2N2O2/c22-15-4-6-17(23)13(10-15)8-9-26-19(28)11-16-5-7-20(29)27(16)12-14-2-1-3-18(24)21(14)25/h1-4,6,10,16H,5,7-9,11-12H2,(H,26,28). The Kier molecular flexibility index (Phi) is 7.09. The summed E-state index contributed by atoms with van der Waals surface area (Å²) in [6.45, 7) is 0.316. The lowest BCUT2D eigenvalue weighted by molar-refractivity contribution is -0.130. The van der Waals surface area contributed by atoms with Crippen molar-refractivity contribution in [3.8, 4) is 0 Å². The summed E-state index contributed by atoms with van der Waals surface area (Å²) < 4.78 is 27.4. The van der Waals surface area contributed by atoms with E-state index in [2.05, 4.69) is 5.32 Å². The number of hydrogen-bond donors (Lipinski definition) is 1. The molecule has 1 fully saturated rings. The molecule has 0 radical (unpaired) electrons. The first-order chi connectivity index (χ1) is 13.8. The van der Waals surface area contributed by atoms with Crippen LogP contribution in [0.4, 0.5) is 8.78 Å². The summed E-state index contributed by atoms with van der Waals surface area (Å²) in [5.74, 6) is -2.30. The van der Waals surface area contributed by atoms with Gasteiger partial charge in [-0.1, -0.05) is 35.3 Å². The van der Waals surface area contributed by atoms with Gasteiger partial charge in [0, 0.05) is 47.6 Å². The van der Waals surface area contributed by atoms with Crippen LogP contribution in [-0.4, -0.2) is 29.3 Å². The van der Waals surface area contributed by atoms with E-state index >= 15 is 0 Å². The van der Waals surface area contributed by atoms with Gasteiger partial charge in [-0.2, -0.15) is 0 Å². The van der Waals surface area contributed by atoms with Crippen LogP contribution in [0.25, 0.3) is 0 Å². The molecule has 0 spiro atoms. The van der Waals surface area contributed by atoms with Crippen molar-refractivity contribution in [3.05, 3.63) is 69.2 Å². The van der Waals surface area contributed by atoms with Gasteiger partial charge in [0.1, 0.15) is 0 Å². The predicted octanol–water partition coefficient (Wildman–Crippen LogP) is 4.51. The number of carbonyl (C=O) groups is 2. The molecule has 0 bridgehead atoms. The fourth-order valence-corrected chi connectivity index (χ4v) is 3.84. The van der Waals surface area contributed by atoms with E-state index in [9.17, 15) is 18.4 Å². The molecule has 1 heterocycles. The zero-order valence-corrected chi connectivity index (χ0v) is 17.1. The van der Waals surface area contributed by atoms with Crippen molar-refractivity contribution in [2.45, 2.75) is 38.3 Å². The molecule has 1 aliphatic heterocycles. The van der Waals surface area contributed by atoms with Crippen LogP contribution in [0, 0.1) is 11.6 Å². The number of rotatable bonds is 7. The lowest BCUT2D eigenvalue weighted by atomic mass is 10.1. The van der Waals surface area contributed by atoms with Crippen LogP contribution in [0.2, 0.25) is 10.0 Å². The highest BCUT2D eigenvalue weighted by Gasteiger charge is 2.33. The first-order valence-electron chi connectivity index (χ1n) is 9.28. The maximum atomic E-state index is 13.9. The summed E-state index contributed by atoms with van der Waals surface area (Å²) in [5.41, 5.74) is 0.931. The smallest absolute Gasteiger partial charge is 0.223 e. The molecule has 2 aromatic carbocycles. The fraction of sp³-hybridized carbons (Fsp3) is 0.333. The van der Waals surface area contributed by atoms with E-state index in [1.807, 2.05) is 0 Å². The Hall–Kier alpha value is -2.18. The number of nitrogens with zero attached hydrogens (tertiary/aromatic N) is 1. The summed E-state index contributed by atoms with van der Waals surface area (Å²) >= 11 is 12.1. The maximum absolute atomic E-state index is 13.9. The summed E-state index contributed by atoms with van der Waals surface area (Å²) in [6, 6.07) is 8.67. The monoisotopic (exact) mass is 440 g/mol. The van der Waals surface area contributed by atoms with E-state index in [4.69, 9.17) is 23.2 Å². The van der Waals surface area contributed by atoms with Crippen molar-refractivity contribution in [1.29, 1.82) is 0 Å². The van der Waals surface area contributed by atoms with Crippen LogP contribution >= 0.6 is 23.2 Å². The minimum absolute atomic E-state index is 0.0570. The van der Waals surface area contributed by atoms with Crippen molar-refractivity contribution >= 4 is 35.0 Å². The Labute approximate surface area is 177 Å². The number of hydrogen-bond acceptors (Lipinski definition) is 2. The quantitative estimate of drug-likeness (QED) is 0.688. The van der Waals surface area contributed by atoms with Crippen LogP contribution in [-0.2, 0) is 22.6 Å². The third-order valence-corrected chi connectivity index (χ3v) is 5.57. The van der Waals surface area contributed by atoms with Gasteiger partial charge in [-0.3, -0.25) is 9.59 Å². The first-order valence-corrected chi connectivity index (χ1v) is 10.0. The van der Waals surface area contributed by atoms with Crippen molar-refractivity contribution in [3.63, 3.8) is 0 Å². The Morgan fingerprint density at radius 1 is 1.17 bits per heavy atom. The zero-order valence-electron chi connectivity index (χ0n) is 15.6. The van der Waals surface area contributed by atoms with Gasteiger partial charge >= 0.3 is 0 Å². The van der Waals surface area contributed by atoms with Gasteiger partial charge in [-0.15, -0.1) is 0 Å². The summed E-state index contributed by atoms with van der Waals surface area (Å²) in [4.78, 5) is 26.0. The minimum Gasteiger partial charge on any atom is -0.356 e. The molecule has 154 valence electrons. The van der Waals surface area contributed by atoms with Gasteiger partial charge in [0.25, 0.3) is 0 Å². The van der Waals surface area contributed by atoms with E-state index in [1.54, 1.807) is 18.2 Å². The summed E-state index contributed by atoms with van der Waals surface area (Å²) in [6.07, 6.45) is 1.41. The predicted molar refractivity (Wildman–Crippen MR) is 108 cm³/mol. The van der Waals surface area contributed by atoms with E-state index in [1.165, 1.54) is 17.0 Å². The van der Waals surface area contributed by atoms with Gasteiger partial charge in [-0.25, -0.2) is 8.78 Å². The molecule has 1 saturated heterocycles. The van der Waals surface area contributed by atoms with Crippen LogP contribution in [0.15, 0.2) is 36.4 Å². The highest BCUT2D eigenvalue weighted by atomic mass is 35.5. The first kappa shape index (κ1) is 21.5. The Bertz CT molecular complexity index is 924. The van der Waals surface area contributed by atoms with Gasteiger partial charge in [0.05, 0.1) is 0 Å². The lowest BCUT2D eigenvalue weighted by Gasteiger charge is -2.25. The number of likely N-dealkylation sites (tertiary alicyclic amines) is 1. The highest BCUT2D eigenvalue weighted by molar-refractivity contribution is 6.33. The lowest BCUT2D eigenvalue weighted by Crippen LogP contribution is -2.37. The average Bonchev–Trinajstić information content (AvgIpc) is 3.01. The number of nitrogens with one attached hydrogen (secondary N) is 1. The topological polar surface area (TPSA) is 49.4 Å². The summed E-state index contributed by atoms with van der Waals surface area (Å²) in [5, 5.41) is 3.96. The maximum Gasteiger partial charge on any atom is 0.223 e. The Balaban J connectivity index is 1.55. The van der Waals surface area contributed by atoms with Gasteiger partial charge in [0.2, 0.25) is 11.8 Å². The molecular formula is C21H20Cl2F2N2O2. The van der Waals surface area contributed by atoms with Crippen molar-refractivity contribution in [1.82, 2.24) is 10.2 Å². The molecule has 8 heteroatoms. The van der Waals surface area contributed by atoms with E-state index in [0.717, 1.165) is 11.6 Å². The molecular weight excluding hydrogens is 421 g/mol. The molecule has 0 aromatic heterocycles. The molecule has 3 rings (SSSR count). The molecule has 1 unspecified atom stereocenters. The fourth-order valence-electron chi connectivity index (χ4n) is 3.43. The Morgan fingerprint density at radius 2 is 1.97 bits per heavy atom. The Morgan fingerprint density at radius 3 is 2.76 bits per heavy atom. The molecule has 2 aromatic rings. The van der Waals surface area contributed by atoms with Crippen molar-refractivity contribution in [2.75, 3.05) is 6.54 Å². The van der Waals surface area contributed by atoms with Gasteiger partial charge in [-0.05, 0) is 42.7 Å². The average molecular weight is 441 g/mol. The molecule has 29 heavy (non-hydrogen) atoms. The van der Waals surface area contributed by atoms with E-state index < -0.39 is 11.6 Å². The highest BCUT2D eigenvalue weighted by Crippen LogP contribution is 2.25. The third kappa shape index (κ3) is 5.46. The van der Waals surface area contributed by atoms with E-state index in [0.29, 0.717) is 29.4 Å². The molecule has 0 aliphatic carbocycles. The molecule has 0 saturated carbocycles. The second-order valence-corrected chi connectivity index (χ2v) is 7.81. The number of carbonyl (C=O) groups excluding carboxylic acids is 2. The van der Waals surface area contributed by atoms with Crippen LogP contribution < -0.4 is 5.32 Å². The summed E-state index contributed by atoms with van der Waals surface area (Å²) in [7, 11) is 0. The zero-order chi connectivity index (χ0) is 21.0. The van der Waals surface area contributed by atoms with Crippen molar-refractivity contribution < 1.29 is 18.4 Å². The third-order valence-electron chi connectivity index (χ3n) is 4.97. The number of benzene rings is 2. The molecule has 1 aliphatic rings. The normalized spacial score (nSPS) is 16.3. The van der Waals surface area contributed by atoms with Crippen LogP contribution in [0.3, 0.4) is 0 Å². The number of amides is 2. The SMILES string of the molecule is O=C(CC1CCC(=O)N1Cc1cccc(F)c1F)NCCc1cc(Cl)ccc1Cl. The van der Waals surface area contributed by atoms with Crippen LogP contribution in [0.5, 0.6) is 0 Å². The van der Waals surface area contributed by atoms with Crippen molar-refractivity contribution in [2.24, 2.45) is 0 Å². The van der Waals surface area contributed by atoms with Crippen LogP contribution in [0.1, 0.15) is 30.4 Å². The second kappa shape index (κ2) is 9.55. The number of halogens is 4. The second-order valence-electron chi connectivity index (χ2n) is 6.97. The molecule has 4 nitrogen and oxygen atoms in total. The molecule has 2 amide bonds. The molecule has 1 N–H and O–H groups in total. The van der Waals surface area contributed by atoms with Gasteiger partial charge < -0.3 is 10.2 Å². The minimum atomic E-state index is -0.964. The van der Waals surface area contributed by atoms with Gasteiger partial charge in [0.15, 0.2) is 11.6 Å².